The lowest BCUT2D eigenvalue weighted by Gasteiger charge is -2.27. The van der Waals surface area contributed by atoms with E-state index in [9.17, 15) is 15.2 Å². The van der Waals surface area contributed by atoms with Crippen molar-refractivity contribution in [1.82, 2.24) is 0 Å². The number of aliphatic hydroxyl groups excluding tert-OH is 1. The molecule has 1 saturated carbocycles. The van der Waals surface area contributed by atoms with Crippen molar-refractivity contribution in [3.8, 4) is 0 Å². The van der Waals surface area contributed by atoms with Crippen LogP contribution in [0.15, 0.2) is 24.3 Å². The SMILES string of the molecule is O=[N+]([O-])c1ccc(CCC2CCCCC2O)cc1. The fourth-order valence-corrected chi connectivity index (χ4v) is 2.66. The predicted molar refractivity (Wildman–Crippen MR) is 69.4 cm³/mol. The van der Waals surface area contributed by atoms with Gasteiger partial charge in [0.2, 0.25) is 0 Å². The Morgan fingerprint density at radius 2 is 1.89 bits per heavy atom. The van der Waals surface area contributed by atoms with Gasteiger partial charge in [-0.3, -0.25) is 10.1 Å². The summed E-state index contributed by atoms with van der Waals surface area (Å²) in [6.07, 6.45) is 6.08. The molecule has 0 saturated heterocycles. The molecule has 98 valence electrons. The van der Waals surface area contributed by atoms with Crippen molar-refractivity contribution in [2.75, 3.05) is 0 Å². The fourth-order valence-electron chi connectivity index (χ4n) is 2.66. The van der Waals surface area contributed by atoms with Gasteiger partial charge in [-0.25, -0.2) is 0 Å². The Morgan fingerprint density at radius 3 is 2.50 bits per heavy atom. The van der Waals surface area contributed by atoms with Crippen LogP contribution in [0, 0.1) is 16.0 Å². The third kappa shape index (κ3) is 3.29. The fraction of sp³-hybridized carbons (Fsp3) is 0.571. The van der Waals surface area contributed by atoms with E-state index in [4.69, 9.17) is 0 Å². The lowest BCUT2D eigenvalue weighted by molar-refractivity contribution is -0.384. The number of nitro benzene ring substituents is 1. The van der Waals surface area contributed by atoms with Gasteiger partial charge in [-0.1, -0.05) is 25.0 Å². The molecule has 2 rings (SSSR count). The first kappa shape index (κ1) is 13.0. The molecular formula is C14H19NO3. The van der Waals surface area contributed by atoms with E-state index in [1.807, 2.05) is 12.1 Å². The number of hydrogen-bond acceptors (Lipinski definition) is 3. The maximum atomic E-state index is 10.5. The molecule has 1 aromatic carbocycles. The zero-order valence-electron chi connectivity index (χ0n) is 10.4. The number of aliphatic hydroxyl groups is 1. The van der Waals surface area contributed by atoms with Crippen molar-refractivity contribution in [3.05, 3.63) is 39.9 Å². The number of nitrogens with zero attached hydrogens (tertiary/aromatic N) is 1. The van der Waals surface area contributed by atoms with Crippen LogP contribution in [0.2, 0.25) is 0 Å². The van der Waals surface area contributed by atoms with E-state index in [0.717, 1.165) is 37.7 Å². The minimum Gasteiger partial charge on any atom is -0.393 e. The zero-order valence-corrected chi connectivity index (χ0v) is 10.4. The first-order valence-corrected chi connectivity index (χ1v) is 6.58. The molecule has 0 amide bonds. The normalized spacial score (nSPS) is 23.8. The Labute approximate surface area is 107 Å². The molecule has 0 aromatic heterocycles. The van der Waals surface area contributed by atoms with Gasteiger partial charge in [0, 0.05) is 12.1 Å². The highest BCUT2D eigenvalue weighted by atomic mass is 16.6. The maximum absolute atomic E-state index is 10.5. The van der Waals surface area contributed by atoms with E-state index in [1.165, 1.54) is 6.42 Å². The largest absolute Gasteiger partial charge is 0.393 e. The Balaban J connectivity index is 1.87. The Bertz CT molecular complexity index is 402. The van der Waals surface area contributed by atoms with Gasteiger partial charge in [-0.15, -0.1) is 0 Å². The number of rotatable bonds is 4. The summed E-state index contributed by atoms with van der Waals surface area (Å²) in [7, 11) is 0. The second kappa shape index (κ2) is 5.96. The topological polar surface area (TPSA) is 63.4 Å². The number of non-ortho nitro benzene ring substituents is 1. The van der Waals surface area contributed by atoms with Crippen LogP contribution < -0.4 is 0 Å². The van der Waals surface area contributed by atoms with Crippen LogP contribution in [-0.4, -0.2) is 16.1 Å². The third-order valence-electron chi connectivity index (χ3n) is 3.82. The molecule has 2 unspecified atom stereocenters. The predicted octanol–water partition coefficient (Wildman–Crippen LogP) is 3.08. The molecule has 1 fully saturated rings. The van der Waals surface area contributed by atoms with Crippen molar-refractivity contribution in [1.29, 1.82) is 0 Å². The summed E-state index contributed by atoms with van der Waals surface area (Å²) in [5.41, 5.74) is 1.25. The molecule has 0 heterocycles. The van der Waals surface area contributed by atoms with E-state index in [-0.39, 0.29) is 16.7 Å². The van der Waals surface area contributed by atoms with Gasteiger partial charge in [-0.2, -0.15) is 0 Å². The lowest BCUT2D eigenvalue weighted by atomic mass is 9.83. The zero-order chi connectivity index (χ0) is 13.0. The summed E-state index contributed by atoms with van der Waals surface area (Å²) in [4.78, 5) is 10.2. The number of hydrogen-bond donors (Lipinski definition) is 1. The second-order valence-corrected chi connectivity index (χ2v) is 5.07. The van der Waals surface area contributed by atoms with Crippen LogP contribution in [0.4, 0.5) is 5.69 Å². The van der Waals surface area contributed by atoms with Crippen molar-refractivity contribution in [2.45, 2.75) is 44.6 Å². The van der Waals surface area contributed by atoms with Crippen molar-refractivity contribution in [3.63, 3.8) is 0 Å². The van der Waals surface area contributed by atoms with Crippen LogP contribution in [0.1, 0.15) is 37.7 Å². The lowest BCUT2D eigenvalue weighted by Crippen LogP contribution is -2.24. The maximum Gasteiger partial charge on any atom is 0.269 e. The summed E-state index contributed by atoms with van der Waals surface area (Å²) >= 11 is 0. The van der Waals surface area contributed by atoms with Crippen molar-refractivity contribution in [2.24, 2.45) is 5.92 Å². The molecule has 1 aromatic rings. The quantitative estimate of drug-likeness (QED) is 0.658. The Morgan fingerprint density at radius 1 is 1.22 bits per heavy atom. The number of aryl methyl sites for hydroxylation is 1. The molecule has 0 radical (unpaired) electrons. The highest BCUT2D eigenvalue weighted by Gasteiger charge is 2.22. The summed E-state index contributed by atoms with van der Waals surface area (Å²) in [5, 5.41) is 20.4. The van der Waals surface area contributed by atoms with Crippen LogP contribution >= 0.6 is 0 Å². The number of nitro groups is 1. The molecule has 0 spiro atoms. The van der Waals surface area contributed by atoms with Crippen LogP contribution in [0.25, 0.3) is 0 Å². The summed E-state index contributed by atoms with van der Waals surface area (Å²) in [6, 6.07) is 6.72. The summed E-state index contributed by atoms with van der Waals surface area (Å²) < 4.78 is 0. The van der Waals surface area contributed by atoms with E-state index in [0.29, 0.717) is 5.92 Å². The molecule has 4 heteroatoms. The molecule has 0 aliphatic heterocycles. The first-order chi connectivity index (χ1) is 8.66. The van der Waals surface area contributed by atoms with Gasteiger partial charge in [0.15, 0.2) is 0 Å². The molecule has 2 atom stereocenters. The van der Waals surface area contributed by atoms with Crippen LogP contribution in [-0.2, 0) is 6.42 Å². The van der Waals surface area contributed by atoms with Gasteiger partial charge in [0.05, 0.1) is 11.0 Å². The molecule has 1 N–H and O–H groups in total. The van der Waals surface area contributed by atoms with E-state index < -0.39 is 0 Å². The van der Waals surface area contributed by atoms with Gasteiger partial charge in [0.1, 0.15) is 0 Å². The molecule has 0 bridgehead atoms. The summed E-state index contributed by atoms with van der Waals surface area (Å²) in [5.74, 6) is 0.397. The van der Waals surface area contributed by atoms with Gasteiger partial charge >= 0.3 is 0 Å². The third-order valence-corrected chi connectivity index (χ3v) is 3.82. The second-order valence-electron chi connectivity index (χ2n) is 5.07. The Hall–Kier alpha value is -1.42. The molecule has 4 nitrogen and oxygen atoms in total. The van der Waals surface area contributed by atoms with E-state index in [2.05, 4.69) is 0 Å². The summed E-state index contributed by atoms with van der Waals surface area (Å²) in [6.45, 7) is 0. The highest BCUT2D eigenvalue weighted by Crippen LogP contribution is 2.28. The minimum absolute atomic E-state index is 0.136. The van der Waals surface area contributed by atoms with E-state index >= 15 is 0 Å². The number of benzene rings is 1. The minimum atomic E-state index is -0.380. The Kier molecular flexibility index (Phi) is 4.31. The standard InChI is InChI=1S/C14H19NO3/c16-14-4-2-1-3-12(14)8-5-11-6-9-13(10-7-11)15(17)18/h6-7,9-10,12,14,16H,1-5,8H2. The molecule has 1 aliphatic rings. The van der Waals surface area contributed by atoms with Crippen LogP contribution in [0.5, 0.6) is 0 Å². The smallest absolute Gasteiger partial charge is 0.269 e. The molecule has 1 aliphatic carbocycles. The average Bonchev–Trinajstić information content (AvgIpc) is 2.38. The molecule has 18 heavy (non-hydrogen) atoms. The molecular weight excluding hydrogens is 230 g/mol. The first-order valence-electron chi connectivity index (χ1n) is 6.58. The van der Waals surface area contributed by atoms with E-state index in [1.54, 1.807) is 12.1 Å². The van der Waals surface area contributed by atoms with Crippen molar-refractivity contribution < 1.29 is 10.0 Å². The van der Waals surface area contributed by atoms with Gasteiger partial charge in [-0.05, 0) is 37.2 Å². The van der Waals surface area contributed by atoms with Gasteiger partial charge in [0.25, 0.3) is 5.69 Å². The average molecular weight is 249 g/mol. The monoisotopic (exact) mass is 249 g/mol. The van der Waals surface area contributed by atoms with Gasteiger partial charge < -0.3 is 5.11 Å². The van der Waals surface area contributed by atoms with Crippen LogP contribution in [0.3, 0.4) is 0 Å². The van der Waals surface area contributed by atoms with Crippen molar-refractivity contribution >= 4 is 5.69 Å². The highest BCUT2D eigenvalue weighted by molar-refractivity contribution is 5.32.